The van der Waals surface area contributed by atoms with Gasteiger partial charge < -0.3 is 14.7 Å². The lowest BCUT2D eigenvalue weighted by molar-refractivity contribution is -0.137. The first-order valence-electron chi connectivity index (χ1n) is 10.9. The number of carboxylic acids is 1. The van der Waals surface area contributed by atoms with Crippen LogP contribution in [0.15, 0.2) is 24.3 Å². The summed E-state index contributed by atoms with van der Waals surface area (Å²) in [4.78, 5) is 26.7. The van der Waals surface area contributed by atoms with Crippen molar-refractivity contribution in [3.63, 3.8) is 0 Å². The summed E-state index contributed by atoms with van der Waals surface area (Å²) in [7, 11) is 0. The predicted octanol–water partition coefficient (Wildman–Crippen LogP) is 4.82. The van der Waals surface area contributed by atoms with E-state index in [0.29, 0.717) is 18.6 Å². The maximum atomic E-state index is 13.3. The summed E-state index contributed by atoms with van der Waals surface area (Å²) in [6.45, 7) is 19.9. The molecular weight excluding hydrogens is 398 g/mol. The van der Waals surface area contributed by atoms with E-state index in [0.717, 1.165) is 43.8 Å². The number of rotatable bonds is 15. The second kappa shape index (κ2) is 12.1. The van der Waals surface area contributed by atoms with Gasteiger partial charge in [0.2, 0.25) is 0 Å². The first-order valence-corrected chi connectivity index (χ1v) is 12.3. The minimum absolute atomic E-state index is 0.0634. The zero-order valence-corrected chi connectivity index (χ0v) is 20.4. The van der Waals surface area contributed by atoms with E-state index in [1.54, 1.807) is 0 Å². The highest BCUT2D eigenvalue weighted by molar-refractivity contribution is 7.98. The van der Waals surface area contributed by atoms with Crippen molar-refractivity contribution in [2.24, 2.45) is 10.8 Å². The van der Waals surface area contributed by atoms with Gasteiger partial charge in [0.05, 0.1) is 18.1 Å². The largest absolute Gasteiger partial charge is 0.481 e. The fraction of sp³-hybridized carbons (Fsp3) is 0.750. The second-order valence-electron chi connectivity index (χ2n) is 9.16. The monoisotopic (exact) mass is 439 g/mol. The number of allylic oxidation sites excluding steroid dienone is 2. The number of nitrogens with zero attached hydrogens (tertiary/aromatic N) is 1. The molecule has 1 fully saturated rings. The van der Waals surface area contributed by atoms with Crippen LogP contribution in [0.2, 0.25) is 0 Å². The standard InChI is InChI=1S/C24H41NO4S/c1-8-11-25(13-15-30-7)12-14-29-20-16-23(5,18(2)3)17-24(20,6)22(28)19(4)9-10-21(26)27/h20H,2,4,8-17H2,1,3,5-7H3,(H,26,27)/t20-,23+,24-/m1/s1. The van der Waals surface area contributed by atoms with Gasteiger partial charge in [-0.3, -0.25) is 9.59 Å². The van der Waals surface area contributed by atoms with Crippen molar-refractivity contribution in [3.8, 4) is 0 Å². The number of carbonyl (C=O) groups is 2. The topological polar surface area (TPSA) is 66.8 Å². The summed E-state index contributed by atoms with van der Waals surface area (Å²) >= 11 is 1.84. The van der Waals surface area contributed by atoms with Crippen LogP contribution in [0.5, 0.6) is 0 Å². The lowest BCUT2D eigenvalue weighted by atomic mass is 9.74. The number of hydrogen-bond acceptors (Lipinski definition) is 5. The van der Waals surface area contributed by atoms with E-state index < -0.39 is 11.4 Å². The van der Waals surface area contributed by atoms with E-state index in [4.69, 9.17) is 9.84 Å². The first-order chi connectivity index (χ1) is 14.0. The highest BCUT2D eigenvalue weighted by Crippen LogP contribution is 2.55. The summed E-state index contributed by atoms with van der Waals surface area (Å²) in [5, 5.41) is 8.96. The lowest BCUT2D eigenvalue weighted by Crippen LogP contribution is -2.40. The molecule has 1 N–H and O–H groups in total. The van der Waals surface area contributed by atoms with Gasteiger partial charge in [0.15, 0.2) is 5.78 Å². The SMILES string of the molecule is C=C(CCC(=O)O)C(=O)[C@]1(C)C[C@@](C)(C(=C)C)C[C@H]1OCCN(CCC)CCSC. The average molecular weight is 440 g/mol. The van der Waals surface area contributed by atoms with Crippen molar-refractivity contribution in [3.05, 3.63) is 24.3 Å². The molecule has 0 unspecified atom stereocenters. The van der Waals surface area contributed by atoms with Gasteiger partial charge in [0, 0.05) is 25.3 Å². The Hall–Kier alpha value is -1.11. The van der Waals surface area contributed by atoms with Gasteiger partial charge in [-0.1, -0.05) is 32.6 Å². The van der Waals surface area contributed by atoms with E-state index in [9.17, 15) is 9.59 Å². The molecule has 5 nitrogen and oxygen atoms in total. The van der Waals surface area contributed by atoms with Crippen molar-refractivity contribution in [1.29, 1.82) is 0 Å². The number of hydrogen-bond donors (Lipinski definition) is 1. The minimum Gasteiger partial charge on any atom is -0.481 e. The Morgan fingerprint density at radius 1 is 1.20 bits per heavy atom. The third kappa shape index (κ3) is 7.24. The fourth-order valence-electron chi connectivity index (χ4n) is 4.40. The number of ether oxygens (including phenoxy) is 1. The molecule has 30 heavy (non-hydrogen) atoms. The lowest BCUT2D eigenvalue weighted by Gasteiger charge is -2.32. The van der Waals surface area contributed by atoms with Crippen LogP contribution in [0.3, 0.4) is 0 Å². The van der Waals surface area contributed by atoms with Gasteiger partial charge in [-0.05, 0) is 63.3 Å². The molecule has 3 atom stereocenters. The smallest absolute Gasteiger partial charge is 0.303 e. The van der Waals surface area contributed by atoms with Crippen LogP contribution in [-0.2, 0) is 14.3 Å². The zero-order valence-electron chi connectivity index (χ0n) is 19.6. The summed E-state index contributed by atoms with van der Waals surface area (Å²) in [6.07, 6.45) is 4.49. The Balaban J connectivity index is 2.90. The Morgan fingerprint density at radius 2 is 1.87 bits per heavy atom. The number of thioether (sulfide) groups is 1. The molecule has 172 valence electrons. The van der Waals surface area contributed by atoms with Crippen LogP contribution in [-0.4, -0.2) is 66.1 Å². The van der Waals surface area contributed by atoms with Crippen molar-refractivity contribution < 1.29 is 19.4 Å². The molecule has 0 radical (unpaired) electrons. The molecule has 1 rings (SSSR count). The highest BCUT2D eigenvalue weighted by atomic mass is 32.2. The van der Waals surface area contributed by atoms with Gasteiger partial charge in [-0.15, -0.1) is 0 Å². The third-order valence-electron chi connectivity index (χ3n) is 6.49. The molecule has 0 heterocycles. The van der Waals surface area contributed by atoms with E-state index in [-0.39, 0.29) is 30.1 Å². The summed E-state index contributed by atoms with van der Waals surface area (Å²) in [5.74, 6) is 0.115. The van der Waals surface area contributed by atoms with Crippen molar-refractivity contribution in [2.75, 3.05) is 38.2 Å². The van der Waals surface area contributed by atoms with Crippen LogP contribution in [0.1, 0.15) is 59.8 Å². The molecule has 1 aliphatic carbocycles. The Labute approximate surface area is 187 Å². The maximum absolute atomic E-state index is 13.3. The van der Waals surface area contributed by atoms with Gasteiger partial charge in [-0.25, -0.2) is 0 Å². The van der Waals surface area contributed by atoms with Crippen molar-refractivity contribution in [2.45, 2.75) is 65.9 Å². The Morgan fingerprint density at radius 3 is 2.40 bits per heavy atom. The van der Waals surface area contributed by atoms with Gasteiger partial charge in [-0.2, -0.15) is 11.8 Å². The van der Waals surface area contributed by atoms with E-state index in [2.05, 4.69) is 38.2 Å². The fourth-order valence-corrected chi connectivity index (χ4v) is 4.84. The van der Waals surface area contributed by atoms with Crippen LogP contribution in [0.4, 0.5) is 0 Å². The van der Waals surface area contributed by atoms with Crippen LogP contribution in [0.25, 0.3) is 0 Å². The van der Waals surface area contributed by atoms with E-state index in [1.165, 1.54) is 0 Å². The summed E-state index contributed by atoms with van der Waals surface area (Å²) in [6, 6.07) is 0. The number of carboxylic acid groups (broad SMARTS) is 1. The van der Waals surface area contributed by atoms with E-state index >= 15 is 0 Å². The Kier molecular flexibility index (Phi) is 10.8. The number of Topliss-reactive ketones (excluding diaryl/α,β-unsaturated/α-hetero) is 1. The maximum Gasteiger partial charge on any atom is 0.303 e. The van der Waals surface area contributed by atoms with Crippen LogP contribution in [0, 0.1) is 10.8 Å². The Bertz CT molecular complexity index is 635. The van der Waals surface area contributed by atoms with E-state index in [1.807, 2.05) is 25.6 Å². The quantitative estimate of drug-likeness (QED) is 0.291. The summed E-state index contributed by atoms with van der Waals surface area (Å²) in [5.41, 5.74) is 0.547. The summed E-state index contributed by atoms with van der Waals surface area (Å²) < 4.78 is 6.35. The van der Waals surface area contributed by atoms with Crippen molar-refractivity contribution >= 4 is 23.5 Å². The normalized spacial score (nSPS) is 26.1. The van der Waals surface area contributed by atoms with Crippen LogP contribution < -0.4 is 0 Å². The second-order valence-corrected chi connectivity index (χ2v) is 10.1. The third-order valence-corrected chi connectivity index (χ3v) is 7.08. The number of aliphatic carboxylic acids is 1. The van der Waals surface area contributed by atoms with Gasteiger partial charge in [0.25, 0.3) is 0 Å². The number of carbonyl (C=O) groups excluding carboxylic acids is 1. The molecule has 0 saturated heterocycles. The first kappa shape index (κ1) is 26.9. The molecule has 0 aromatic heterocycles. The molecule has 0 spiro atoms. The molecule has 0 bridgehead atoms. The predicted molar refractivity (Wildman–Crippen MR) is 126 cm³/mol. The molecule has 0 aromatic rings. The zero-order chi connectivity index (χ0) is 22.9. The molecular formula is C24H41NO4S. The minimum atomic E-state index is -0.915. The van der Waals surface area contributed by atoms with Crippen molar-refractivity contribution in [1.82, 2.24) is 4.90 Å². The molecule has 0 aliphatic heterocycles. The molecule has 0 aromatic carbocycles. The van der Waals surface area contributed by atoms with Gasteiger partial charge in [0.1, 0.15) is 0 Å². The molecule has 6 heteroatoms. The number of ketones is 1. The highest BCUT2D eigenvalue weighted by Gasteiger charge is 2.55. The molecule has 0 amide bonds. The molecule has 1 aliphatic rings. The van der Waals surface area contributed by atoms with Crippen LogP contribution >= 0.6 is 11.8 Å². The average Bonchev–Trinajstić information content (AvgIpc) is 2.95. The molecule has 1 saturated carbocycles. The van der Waals surface area contributed by atoms with Gasteiger partial charge >= 0.3 is 5.97 Å².